The molecule has 0 heterocycles. The second-order valence-electron chi connectivity index (χ2n) is 5.41. The molecule has 0 saturated carbocycles. The van der Waals surface area contributed by atoms with Crippen LogP contribution in [0.2, 0.25) is 0 Å². The molecule has 0 amide bonds. The van der Waals surface area contributed by atoms with Gasteiger partial charge < -0.3 is 0 Å². The van der Waals surface area contributed by atoms with Gasteiger partial charge in [0.15, 0.2) is 0 Å². The summed E-state index contributed by atoms with van der Waals surface area (Å²) >= 11 is 6.28. The third-order valence-electron chi connectivity index (χ3n) is 4.02. The van der Waals surface area contributed by atoms with Crippen LogP contribution in [0.3, 0.4) is 0 Å². The Morgan fingerprint density at radius 1 is 0.944 bits per heavy atom. The van der Waals surface area contributed by atoms with E-state index >= 15 is 0 Å². The van der Waals surface area contributed by atoms with E-state index in [9.17, 15) is 0 Å². The third-order valence-corrected chi connectivity index (χ3v) is 4.18. The maximum Gasteiger partial charge on any atom is 0.0319 e. The first kappa shape index (κ1) is 11.8. The summed E-state index contributed by atoms with van der Waals surface area (Å²) in [6.07, 6.45) is 0.975. The number of benzene rings is 2. The van der Waals surface area contributed by atoms with Gasteiger partial charge in [0.2, 0.25) is 0 Å². The topological polar surface area (TPSA) is 0 Å². The largest absolute Gasteiger partial charge is 0.123 e. The molecule has 0 fully saturated rings. The van der Waals surface area contributed by atoms with Gasteiger partial charge in [-0.15, -0.1) is 11.6 Å². The Labute approximate surface area is 114 Å². The Morgan fingerprint density at radius 3 is 1.83 bits per heavy atom. The Bertz CT molecular complexity index is 538. The quantitative estimate of drug-likeness (QED) is 0.664. The summed E-state index contributed by atoms with van der Waals surface area (Å²) in [5.41, 5.74) is 5.62. The molecule has 1 unspecified atom stereocenters. The van der Waals surface area contributed by atoms with Crippen LogP contribution in [0.15, 0.2) is 48.5 Å². The molecule has 1 aliphatic rings. The number of halogens is 1. The fourth-order valence-corrected chi connectivity index (χ4v) is 3.63. The first-order valence-corrected chi connectivity index (χ1v) is 6.90. The molecule has 1 heteroatoms. The molecule has 0 radical (unpaired) electrons. The Morgan fingerprint density at radius 2 is 1.39 bits per heavy atom. The SMILES string of the molecule is CC(Cl)CC1(C)c2ccccc2-c2ccccc21. The zero-order chi connectivity index (χ0) is 12.8. The summed E-state index contributed by atoms with van der Waals surface area (Å²) in [5.74, 6) is 0. The van der Waals surface area contributed by atoms with Gasteiger partial charge in [-0.05, 0) is 35.6 Å². The van der Waals surface area contributed by atoms with E-state index in [1.165, 1.54) is 22.3 Å². The van der Waals surface area contributed by atoms with Gasteiger partial charge in [-0.25, -0.2) is 0 Å². The molecular formula is C17H17Cl. The summed E-state index contributed by atoms with van der Waals surface area (Å²) in [4.78, 5) is 0. The van der Waals surface area contributed by atoms with E-state index in [0.717, 1.165) is 6.42 Å². The van der Waals surface area contributed by atoms with E-state index in [1.807, 2.05) is 0 Å². The van der Waals surface area contributed by atoms with Crippen LogP contribution in [0.25, 0.3) is 11.1 Å². The maximum atomic E-state index is 6.28. The molecule has 1 atom stereocenters. The van der Waals surface area contributed by atoms with Crippen LogP contribution >= 0.6 is 11.6 Å². The lowest BCUT2D eigenvalue weighted by Crippen LogP contribution is -2.23. The minimum Gasteiger partial charge on any atom is -0.123 e. The average molecular weight is 257 g/mol. The molecule has 0 nitrogen and oxygen atoms in total. The van der Waals surface area contributed by atoms with Crippen LogP contribution < -0.4 is 0 Å². The molecule has 3 rings (SSSR count). The van der Waals surface area contributed by atoms with Crippen molar-refractivity contribution in [3.63, 3.8) is 0 Å². The van der Waals surface area contributed by atoms with Gasteiger partial charge in [0.1, 0.15) is 0 Å². The molecule has 2 aromatic carbocycles. The van der Waals surface area contributed by atoms with Crippen LogP contribution in [0.5, 0.6) is 0 Å². The lowest BCUT2D eigenvalue weighted by Gasteiger charge is -2.28. The molecule has 92 valence electrons. The van der Waals surface area contributed by atoms with Crippen molar-refractivity contribution < 1.29 is 0 Å². The first-order chi connectivity index (χ1) is 8.63. The summed E-state index contributed by atoms with van der Waals surface area (Å²) in [6, 6.07) is 17.4. The lowest BCUT2D eigenvalue weighted by molar-refractivity contribution is 0.528. The predicted octanol–water partition coefficient (Wildman–Crippen LogP) is 4.99. The van der Waals surface area contributed by atoms with Gasteiger partial charge in [-0.3, -0.25) is 0 Å². The fraction of sp³-hybridized carbons (Fsp3) is 0.294. The molecule has 1 aliphatic carbocycles. The van der Waals surface area contributed by atoms with E-state index in [-0.39, 0.29) is 10.8 Å². The minimum atomic E-state index is 0.0500. The van der Waals surface area contributed by atoms with Crippen LogP contribution in [0.4, 0.5) is 0 Å². The third kappa shape index (κ3) is 1.59. The lowest BCUT2D eigenvalue weighted by atomic mass is 9.76. The first-order valence-electron chi connectivity index (χ1n) is 6.46. The van der Waals surface area contributed by atoms with E-state index in [4.69, 9.17) is 11.6 Å². The highest BCUT2D eigenvalue weighted by Crippen LogP contribution is 2.51. The summed E-state index contributed by atoms with van der Waals surface area (Å²) < 4.78 is 0. The van der Waals surface area contributed by atoms with Gasteiger partial charge >= 0.3 is 0 Å². The predicted molar refractivity (Wildman–Crippen MR) is 78.3 cm³/mol. The number of hydrogen-bond acceptors (Lipinski definition) is 0. The minimum absolute atomic E-state index is 0.0500. The monoisotopic (exact) mass is 256 g/mol. The van der Waals surface area contributed by atoms with Crippen LogP contribution in [-0.2, 0) is 5.41 Å². The number of rotatable bonds is 2. The van der Waals surface area contributed by atoms with Crippen molar-refractivity contribution >= 4 is 11.6 Å². The van der Waals surface area contributed by atoms with Gasteiger partial charge in [0.25, 0.3) is 0 Å². The Hall–Kier alpha value is -1.27. The Kier molecular flexibility index (Phi) is 2.71. The molecule has 0 aliphatic heterocycles. The standard InChI is InChI=1S/C17H17Cl/c1-12(18)11-17(2)15-9-5-3-7-13(15)14-8-4-6-10-16(14)17/h3-10,12H,11H2,1-2H3. The smallest absolute Gasteiger partial charge is 0.0319 e. The number of fused-ring (bicyclic) bond motifs is 3. The zero-order valence-corrected chi connectivity index (χ0v) is 11.5. The summed E-state index contributed by atoms with van der Waals surface area (Å²) in [7, 11) is 0. The van der Waals surface area contributed by atoms with E-state index < -0.39 is 0 Å². The number of alkyl halides is 1. The van der Waals surface area contributed by atoms with Crippen molar-refractivity contribution in [1.82, 2.24) is 0 Å². The second kappa shape index (κ2) is 4.13. The van der Waals surface area contributed by atoms with Gasteiger partial charge in [-0.1, -0.05) is 55.5 Å². The van der Waals surface area contributed by atoms with Crippen molar-refractivity contribution in [1.29, 1.82) is 0 Å². The molecular weight excluding hydrogens is 240 g/mol. The van der Waals surface area contributed by atoms with Crippen molar-refractivity contribution in [3.05, 3.63) is 59.7 Å². The van der Waals surface area contributed by atoms with E-state index in [1.54, 1.807) is 0 Å². The van der Waals surface area contributed by atoms with Gasteiger partial charge in [-0.2, -0.15) is 0 Å². The molecule has 2 aromatic rings. The van der Waals surface area contributed by atoms with Crippen LogP contribution in [-0.4, -0.2) is 5.38 Å². The van der Waals surface area contributed by atoms with E-state index in [2.05, 4.69) is 62.4 Å². The number of hydrogen-bond donors (Lipinski definition) is 0. The fourth-order valence-electron chi connectivity index (χ4n) is 3.33. The Balaban J connectivity index is 2.27. The average Bonchev–Trinajstić information content (AvgIpc) is 2.61. The normalized spacial score (nSPS) is 17.1. The molecule has 0 bridgehead atoms. The molecule has 0 saturated heterocycles. The van der Waals surface area contributed by atoms with Crippen molar-refractivity contribution in [2.75, 3.05) is 0 Å². The highest BCUT2D eigenvalue weighted by Gasteiger charge is 2.39. The van der Waals surface area contributed by atoms with Crippen LogP contribution in [0, 0.1) is 0 Å². The van der Waals surface area contributed by atoms with Crippen molar-refractivity contribution in [2.24, 2.45) is 0 Å². The summed E-state index contributed by atoms with van der Waals surface area (Å²) in [6.45, 7) is 4.40. The highest BCUT2D eigenvalue weighted by molar-refractivity contribution is 6.20. The molecule has 0 aromatic heterocycles. The van der Waals surface area contributed by atoms with Gasteiger partial charge in [0.05, 0.1) is 0 Å². The van der Waals surface area contributed by atoms with E-state index in [0.29, 0.717) is 0 Å². The van der Waals surface area contributed by atoms with Crippen molar-refractivity contribution in [2.45, 2.75) is 31.1 Å². The van der Waals surface area contributed by atoms with Gasteiger partial charge in [0, 0.05) is 10.8 Å². The van der Waals surface area contributed by atoms with Crippen LogP contribution in [0.1, 0.15) is 31.4 Å². The molecule has 0 N–H and O–H groups in total. The molecule has 0 spiro atoms. The van der Waals surface area contributed by atoms with Crippen molar-refractivity contribution in [3.8, 4) is 11.1 Å². The second-order valence-corrected chi connectivity index (χ2v) is 6.15. The maximum absolute atomic E-state index is 6.28. The molecule has 18 heavy (non-hydrogen) atoms. The summed E-state index contributed by atoms with van der Waals surface area (Å²) in [5, 5.41) is 0.175. The zero-order valence-electron chi connectivity index (χ0n) is 10.8. The highest BCUT2D eigenvalue weighted by atomic mass is 35.5.